The Labute approximate surface area is 107 Å². The van der Waals surface area contributed by atoms with Crippen molar-refractivity contribution in [3.05, 3.63) is 17.5 Å². The summed E-state index contributed by atoms with van der Waals surface area (Å²) < 4.78 is 26.6. The Morgan fingerprint density at radius 3 is 2.76 bits per heavy atom. The van der Waals surface area contributed by atoms with E-state index < -0.39 is 10.0 Å². The zero-order valence-corrected chi connectivity index (χ0v) is 11.6. The largest absolute Gasteiger partial charge is 0.396 e. The molecule has 0 aliphatic heterocycles. The summed E-state index contributed by atoms with van der Waals surface area (Å²) in [6.45, 7) is 2.55. The second kappa shape index (κ2) is 7.10. The summed E-state index contributed by atoms with van der Waals surface area (Å²) in [5.41, 5.74) is 0. The summed E-state index contributed by atoms with van der Waals surface area (Å²) in [6, 6.07) is 3.31. The van der Waals surface area contributed by atoms with Gasteiger partial charge in [0.2, 0.25) is 10.0 Å². The highest BCUT2D eigenvalue weighted by molar-refractivity contribution is 7.91. The van der Waals surface area contributed by atoms with Crippen molar-refractivity contribution in [2.45, 2.75) is 30.4 Å². The van der Waals surface area contributed by atoms with Crippen molar-refractivity contribution >= 4 is 21.4 Å². The molecule has 98 valence electrons. The summed E-state index contributed by atoms with van der Waals surface area (Å²) in [5, 5.41) is 10.6. The molecule has 0 aromatic carbocycles. The number of sulfonamides is 1. The minimum Gasteiger partial charge on any atom is -0.396 e. The molecule has 1 rings (SSSR count). The van der Waals surface area contributed by atoms with Gasteiger partial charge >= 0.3 is 0 Å². The Hall–Kier alpha value is -0.430. The minimum absolute atomic E-state index is 0.103. The van der Waals surface area contributed by atoms with E-state index in [1.54, 1.807) is 17.5 Å². The van der Waals surface area contributed by atoms with Crippen LogP contribution in [0.3, 0.4) is 0 Å². The number of aliphatic hydroxyl groups is 1. The Kier molecular flexibility index (Phi) is 6.11. The van der Waals surface area contributed by atoms with Crippen LogP contribution in [0.4, 0.5) is 0 Å². The molecule has 6 heteroatoms. The van der Waals surface area contributed by atoms with Gasteiger partial charge in [0, 0.05) is 13.2 Å². The van der Waals surface area contributed by atoms with Crippen molar-refractivity contribution in [2.24, 2.45) is 5.92 Å². The molecule has 0 spiro atoms. The maximum atomic E-state index is 11.8. The van der Waals surface area contributed by atoms with Gasteiger partial charge in [0.05, 0.1) is 0 Å². The summed E-state index contributed by atoms with van der Waals surface area (Å²) in [7, 11) is -3.36. The van der Waals surface area contributed by atoms with Crippen LogP contribution in [0.25, 0.3) is 0 Å². The molecule has 17 heavy (non-hydrogen) atoms. The number of thiophene rings is 1. The number of rotatable bonds is 8. The Bertz CT molecular complexity index is 394. The van der Waals surface area contributed by atoms with Crippen LogP contribution in [0, 0.1) is 5.92 Å². The molecule has 0 radical (unpaired) electrons. The van der Waals surface area contributed by atoms with Gasteiger partial charge in [-0.1, -0.05) is 19.4 Å². The van der Waals surface area contributed by atoms with Crippen molar-refractivity contribution in [2.75, 3.05) is 13.2 Å². The average molecular weight is 277 g/mol. The van der Waals surface area contributed by atoms with Gasteiger partial charge in [0.15, 0.2) is 0 Å². The molecule has 1 aromatic heterocycles. The fraction of sp³-hybridized carbons (Fsp3) is 0.636. The van der Waals surface area contributed by atoms with Crippen LogP contribution in [0.15, 0.2) is 21.7 Å². The van der Waals surface area contributed by atoms with E-state index in [9.17, 15) is 8.42 Å². The van der Waals surface area contributed by atoms with Crippen molar-refractivity contribution in [1.82, 2.24) is 4.72 Å². The SMILES string of the molecule is CCCC(CCO)CNS(=O)(=O)c1cccs1. The Morgan fingerprint density at radius 1 is 1.47 bits per heavy atom. The first-order chi connectivity index (χ1) is 8.10. The van der Waals surface area contributed by atoms with E-state index in [2.05, 4.69) is 11.6 Å². The molecule has 1 atom stereocenters. The standard InChI is InChI=1S/C11H19NO3S2/c1-2-4-10(6-7-13)9-12-17(14,15)11-5-3-8-16-11/h3,5,8,10,12-13H,2,4,6-7,9H2,1H3. The molecule has 2 N–H and O–H groups in total. The van der Waals surface area contributed by atoms with Crippen LogP contribution in [0.5, 0.6) is 0 Å². The number of nitrogens with one attached hydrogen (secondary N) is 1. The van der Waals surface area contributed by atoms with E-state index in [0.717, 1.165) is 12.8 Å². The van der Waals surface area contributed by atoms with Crippen molar-refractivity contribution in [1.29, 1.82) is 0 Å². The topological polar surface area (TPSA) is 66.4 Å². The molecule has 0 fully saturated rings. The Morgan fingerprint density at radius 2 is 2.24 bits per heavy atom. The third kappa shape index (κ3) is 4.75. The minimum atomic E-state index is -3.36. The highest BCUT2D eigenvalue weighted by atomic mass is 32.2. The molecule has 0 saturated heterocycles. The molecular formula is C11H19NO3S2. The maximum absolute atomic E-state index is 11.8. The van der Waals surface area contributed by atoms with Crippen LogP contribution >= 0.6 is 11.3 Å². The zero-order valence-electron chi connectivity index (χ0n) is 9.93. The van der Waals surface area contributed by atoms with E-state index in [1.807, 2.05) is 0 Å². The third-order valence-electron chi connectivity index (χ3n) is 2.56. The Balaban J connectivity index is 2.53. The summed E-state index contributed by atoms with van der Waals surface area (Å²) in [5.74, 6) is 0.208. The van der Waals surface area contributed by atoms with Gasteiger partial charge in [-0.25, -0.2) is 13.1 Å². The van der Waals surface area contributed by atoms with E-state index in [0.29, 0.717) is 17.2 Å². The molecule has 0 bridgehead atoms. The first-order valence-electron chi connectivity index (χ1n) is 5.74. The second-order valence-corrected chi connectivity index (χ2v) is 6.89. The van der Waals surface area contributed by atoms with E-state index in [4.69, 9.17) is 5.11 Å². The third-order valence-corrected chi connectivity index (χ3v) is 5.38. The zero-order chi connectivity index (χ0) is 12.7. The molecule has 0 amide bonds. The van der Waals surface area contributed by atoms with Crippen LogP contribution in [0.2, 0.25) is 0 Å². The molecule has 4 nitrogen and oxygen atoms in total. The van der Waals surface area contributed by atoms with Gasteiger partial charge < -0.3 is 5.11 Å². The lowest BCUT2D eigenvalue weighted by molar-refractivity contribution is 0.251. The lowest BCUT2D eigenvalue weighted by atomic mass is 10.0. The molecule has 0 aliphatic rings. The quantitative estimate of drug-likeness (QED) is 0.762. The fourth-order valence-electron chi connectivity index (χ4n) is 1.65. The van der Waals surface area contributed by atoms with Gasteiger partial charge in [0.1, 0.15) is 4.21 Å². The summed E-state index contributed by atoms with van der Waals surface area (Å²) in [6.07, 6.45) is 2.56. The lowest BCUT2D eigenvalue weighted by Gasteiger charge is -2.15. The fourth-order valence-corrected chi connectivity index (χ4v) is 3.81. The van der Waals surface area contributed by atoms with Gasteiger partial charge in [0.25, 0.3) is 0 Å². The van der Waals surface area contributed by atoms with Crippen LogP contribution in [0.1, 0.15) is 26.2 Å². The predicted molar refractivity (Wildman–Crippen MR) is 69.6 cm³/mol. The molecule has 1 unspecified atom stereocenters. The molecule has 1 aromatic rings. The lowest BCUT2D eigenvalue weighted by Crippen LogP contribution is -2.29. The number of hydrogen-bond donors (Lipinski definition) is 2. The van der Waals surface area contributed by atoms with E-state index in [1.165, 1.54) is 11.3 Å². The van der Waals surface area contributed by atoms with E-state index in [-0.39, 0.29) is 12.5 Å². The first-order valence-corrected chi connectivity index (χ1v) is 8.10. The number of hydrogen-bond acceptors (Lipinski definition) is 4. The van der Waals surface area contributed by atoms with Crippen molar-refractivity contribution in [3.8, 4) is 0 Å². The van der Waals surface area contributed by atoms with Gasteiger partial charge in [-0.2, -0.15) is 0 Å². The first kappa shape index (κ1) is 14.6. The van der Waals surface area contributed by atoms with Crippen LogP contribution in [-0.2, 0) is 10.0 Å². The smallest absolute Gasteiger partial charge is 0.250 e. The van der Waals surface area contributed by atoms with E-state index >= 15 is 0 Å². The highest BCUT2D eigenvalue weighted by Gasteiger charge is 2.17. The molecular weight excluding hydrogens is 258 g/mol. The predicted octanol–water partition coefficient (Wildman–Crippen LogP) is 1.83. The normalized spacial score (nSPS) is 13.8. The van der Waals surface area contributed by atoms with Crippen LogP contribution in [-0.4, -0.2) is 26.7 Å². The maximum Gasteiger partial charge on any atom is 0.250 e. The van der Waals surface area contributed by atoms with Crippen molar-refractivity contribution < 1.29 is 13.5 Å². The van der Waals surface area contributed by atoms with Gasteiger partial charge in [-0.3, -0.25) is 0 Å². The summed E-state index contributed by atoms with van der Waals surface area (Å²) in [4.78, 5) is 0. The second-order valence-electron chi connectivity index (χ2n) is 3.95. The molecule has 1 heterocycles. The molecule has 0 aliphatic carbocycles. The molecule has 0 saturated carbocycles. The van der Waals surface area contributed by atoms with Crippen LogP contribution < -0.4 is 4.72 Å². The summed E-state index contributed by atoms with van der Waals surface area (Å²) >= 11 is 1.21. The van der Waals surface area contributed by atoms with Gasteiger partial charge in [-0.15, -0.1) is 11.3 Å². The monoisotopic (exact) mass is 277 g/mol. The number of aliphatic hydroxyl groups excluding tert-OH is 1. The average Bonchev–Trinajstić information content (AvgIpc) is 2.81. The van der Waals surface area contributed by atoms with Gasteiger partial charge in [-0.05, 0) is 30.2 Å². The van der Waals surface area contributed by atoms with Crippen molar-refractivity contribution in [3.63, 3.8) is 0 Å². The highest BCUT2D eigenvalue weighted by Crippen LogP contribution is 2.16.